The number of carbonyl (C=O) groups is 14. The first-order valence-corrected chi connectivity index (χ1v) is 41.5. The van der Waals surface area contributed by atoms with Gasteiger partial charge in [-0.2, -0.15) is 10.5 Å². The first-order valence-electron chi connectivity index (χ1n) is 41.5. The number of nitrogens with zero attached hydrogens (tertiary/aromatic N) is 14. The van der Waals surface area contributed by atoms with Crippen LogP contribution in [0.4, 0.5) is 28.9 Å². The van der Waals surface area contributed by atoms with Crippen LogP contribution < -0.4 is 21.3 Å². The summed E-state index contributed by atoms with van der Waals surface area (Å²) in [7, 11) is 0. The van der Waals surface area contributed by atoms with Crippen LogP contribution >= 0.6 is 0 Å². The molecule has 4 aromatic rings. The van der Waals surface area contributed by atoms with E-state index >= 15 is 4.79 Å². The summed E-state index contributed by atoms with van der Waals surface area (Å²) in [6.07, 6.45) is -0.752. The molecule has 2 aromatic heterocycles. The molecule has 0 radical (unpaired) electrons. The van der Waals surface area contributed by atoms with Crippen molar-refractivity contribution in [1.29, 1.82) is 10.5 Å². The zero-order valence-corrected chi connectivity index (χ0v) is 73.5. The molecule has 4 fully saturated rings. The van der Waals surface area contributed by atoms with Crippen LogP contribution in [0, 0.1) is 22.7 Å². The molecule has 0 unspecified atom stereocenters. The number of carbonyl (C=O) groups excluding carboxylic acids is 13. The number of para-hydroxylation sites is 2. The van der Waals surface area contributed by atoms with Gasteiger partial charge in [-0.3, -0.25) is 102 Å². The third kappa shape index (κ3) is 33.4. The number of hydrogen-bond donors (Lipinski definition) is 5. The van der Waals surface area contributed by atoms with Gasteiger partial charge >= 0.3 is 23.9 Å². The number of benzene rings is 2. The number of nitriles is 2. The summed E-state index contributed by atoms with van der Waals surface area (Å²) >= 11 is 0. The van der Waals surface area contributed by atoms with Crippen molar-refractivity contribution >= 4 is 117 Å². The number of ether oxygens (including phenoxy) is 4. The first kappa shape index (κ1) is 101. The van der Waals surface area contributed by atoms with Crippen molar-refractivity contribution in [2.45, 2.75) is 168 Å². The number of fused-ring (bicyclic) bond motifs is 2. The molecule has 2 atom stereocenters. The number of alkyl halides is 4. The molecular weight excluding hydrogens is 1650 g/mol. The van der Waals surface area contributed by atoms with Gasteiger partial charge in [-0.15, -0.1) is 0 Å². The van der Waals surface area contributed by atoms with Gasteiger partial charge < -0.3 is 69.8 Å². The van der Waals surface area contributed by atoms with Gasteiger partial charge in [-0.1, -0.05) is 24.3 Å². The number of halogens is 4. The molecule has 4 aliphatic heterocycles. The maximum absolute atomic E-state index is 15.6. The second-order valence-corrected chi connectivity index (χ2v) is 35.0. The lowest BCUT2D eigenvalue weighted by atomic mass is 10.1. The molecule has 4 aliphatic rings. The summed E-state index contributed by atoms with van der Waals surface area (Å²) < 4.78 is 79.9. The van der Waals surface area contributed by atoms with Crippen LogP contribution in [-0.2, 0) is 76.5 Å². The van der Waals surface area contributed by atoms with Crippen molar-refractivity contribution in [3.05, 3.63) is 72.1 Å². The number of nitrogens with one attached hydrogen (secondary N) is 4. The number of anilines is 2. The predicted octanol–water partition coefficient (Wildman–Crippen LogP) is 3.99. The highest BCUT2D eigenvalue weighted by Gasteiger charge is 2.49. The number of carboxylic acid groups (broad SMARTS) is 1. The molecule has 2 aromatic carbocycles. The Morgan fingerprint density at radius 2 is 0.706 bits per heavy atom. The average Bonchev–Trinajstić information content (AvgIpc) is 0.808. The van der Waals surface area contributed by atoms with Gasteiger partial charge in [0.25, 0.3) is 30.1 Å². The minimum atomic E-state index is -3.29. The summed E-state index contributed by atoms with van der Waals surface area (Å²) in [5, 5.41) is 36.6. The van der Waals surface area contributed by atoms with Crippen LogP contribution in [0.1, 0.15) is 142 Å². The van der Waals surface area contributed by atoms with Crippen molar-refractivity contribution in [3.63, 3.8) is 0 Å². The fourth-order valence-electron chi connectivity index (χ4n) is 14.3. The van der Waals surface area contributed by atoms with Gasteiger partial charge in [0.05, 0.1) is 105 Å². The molecule has 0 bridgehead atoms. The lowest BCUT2D eigenvalue weighted by Gasteiger charge is -2.36. The van der Waals surface area contributed by atoms with E-state index in [4.69, 9.17) is 28.8 Å². The van der Waals surface area contributed by atoms with Gasteiger partial charge in [-0.25, -0.2) is 17.6 Å². The fourth-order valence-corrected chi connectivity index (χ4v) is 14.3. The van der Waals surface area contributed by atoms with Gasteiger partial charge in [-0.05, 0) is 107 Å². The number of esters is 4. The SMILES string of the molecule is CC(C)(C)OC(=O)CN1CCN(CC(=O)OC(C)(C)C)CCN(CC(=O)N2CCN(C(=O)CCC(=O)Nc3cccc4c(C(=O)NCC(=O)N5CC(F)(F)C[C@H]5C#N)ccnc34)CCN(CC(=O)OC(C)(C)C)CCN(C(=O)CCC(=O)Nc3cccc4c(C(=O)NCC(=O)N5CC(F)(F)C[C@H]5C#N)ccnc34)CC2)CCN(CC(=O)OC(C)(C)C)CC1.O=CO. The van der Waals surface area contributed by atoms with Crippen molar-refractivity contribution < 1.29 is 109 Å². The highest BCUT2D eigenvalue weighted by atomic mass is 19.3. The van der Waals surface area contributed by atoms with Gasteiger partial charge in [0, 0.05) is 166 Å². The molecule has 4 saturated heterocycles. The topological polar surface area (TPSA) is 450 Å². The van der Waals surface area contributed by atoms with E-state index in [0.717, 1.165) is 0 Å². The van der Waals surface area contributed by atoms with Crippen LogP contribution in [0.25, 0.3) is 21.8 Å². The first-order chi connectivity index (χ1) is 59.0. The number of amides is 9. The molecular formula is C85H116F4N18O19. The standard InChI is InChI=1S/C84H114F4N18O17.CH2O2/c1-79(2,3)120-71(114)50-98-29-27-97(28-30-99(51-72(115)121-80(4,5)6)32-34-100(33-31-98)52-73(116)122-81(7,8)9)49-70(113)104-41-39-102(66(109)21-19-64(107)95-62-17-13-15-58-60(23-25-91-75(58)62)77(118)93-47-68(111)105-54-83(85,86)43-56(105)45-89)37-35-101(53-74(117)123-82(10,11)12)36-38-103(40-42-104)67(110)22-20-65(108)96-63-18-14-16-59-61(24-26-92-76(59)63)78(119)94-48-69(112)106-55-84(87,88)44-57(106)46-90;2-1-3/h13-18,23-26,56-57H,19-22,27-44,47-55H2,1-12H3,(H,93,118)(H,94,119)(H,95,107)(H,96,108);1H,(H,2,3)/t56-,57-;/m0./s1. The van der Waals surface area contributed by atoms with E-state index in [1.165, 1.54) is 75.6 Å². The Kier molecular flexibility index (Phi) is 36.6. The Morgan fingerprint density at radius 1 is 0.429 bits per heavy atom. The molecule has 41 heteroatoms. The summed E-state index contributed by atoms with van der Waals surface area (Å²) in [6, 6.07) is 12.5. The Balaban J connectivity index is 0.00000715. The number of aromatic nitrogens is 2. The maximum atomic E-state index is 15.6. The van der Waals surface area contributed by atoms with E-state index in [2.05, 4.69) is 31.2 Å². The summed E-state index contributed by atoms with van der Waals surface area (Å²) in [6.45, 7) is 16.8. The second kappa shape index (κ2) is 45.5. The highest BCUT2D eigenvalue weighted by Crippen LogP contribution is 2.34. The monoisotopic (exact) mass is 1770 g/mol. The van der Waals surface area contributed by atoms with E-state index in [1.807, 2.05) is 19.6 Å². The Labute approximate surface area is 728 Å². The van der Waals surface area contributed by atoms with Gasteiger partial charge in [0.2, 0.25) is 41.4 Å². The van der Waals surface area contributed by atoms with E-state index in [1.54, 1.807) is 100 Å². The molecule has 0 spiro atoms. The largest absolute Gasteiger partial charge is 0.483 e. The summed E-state index contributed by atoms with van der Waals surface area (Å²) in [5.41, 5.74) is -2.86. The minimum absolute atomic E-state index is 0.00734. The number of hydrogen-bond acceptors (Lipinski definition) is 27. The Bertz CT molecular complexity index is 4430. The molecule has 126 heavy (non-hydrogen) atoms. The van der Waals surface area contributed by atoms with E-state index in [0.29, 0.717) is 9.80 Å². The highest BCUT2D eigenvalue weighted by molar-refractivity contribution is 6.12. The minimum Gasteiger partial charge on any atom is -0.483 e. The van der Waals surface area contributed by atoms with Crippen LogP contribution in [0.3, 0.4) is 0 Å². The predicted molar refractivity (Wildman–Crippen MR) is 449 cm³/mol. The molecule has 5 N–H and O–H groups in total. The Hall–Kier alpha value is -11.7. The molecule has 8 rings (SSSR count). The van der Waals surface area contributed by atoms with Crippen molar-refractivity contribution in [1.82, 2.24) is 69.6 Å². The van der Waals surface area contributed by atoms with Crippen LogP contribution in [-0.4, -0.2) is 358 Å². The van der Waals surface area contributed by atoms with Crippen molar-refractivity contribution in [3.8, 4) is 12.1 Å². The normalized spacial score (nSPS) is 18.2. The van der Waals surface area contributed by atoms with Crippen molar-refractivity contribution in [2.75, 3.05) is 174 Å². The number of likely N-dealkylation sites (tertiary alicyclic amines) is 2. The zero-order valence-electron chi connectivity index (χ0n) is 73.5. The summed E-state index contributed by atoms with van der Waals surface area (Å²) in [4.78, 5) is 214. The maximum Gasteiger partial charge on any atom is 0.320 e. The third-order valence-electron chi connectivity index (χ3n) is 20.1. The summed E-state index contributed by atoms with van der Waals surface area (Å²) in [5.74, 6) is -15.0. The lowest BCUT2D eigenvalue weighted by molar-refractivity contribution is -0.158. The van der Waals surface area contributed by atoms with Crippen LogP contribution in [0.2, 0.25) is 0 Å². The Morgan fingerprint density at radius 3 is 1.00 bits per heavy atom. The molecule has 688 valence electrons. The third-order valence-corrected chi connectivity index (χ3v) is 20.1. The van der Waals surface area contributed by atoms with Crippen LogP contribution in [0.5, 0.6) is 0 Å². The lowest BCUT2D eigenvalue weighted by Crippen LogP contribution is -2.53. The average molecular weight is 1770 g/mol. The van der Waals surface area contributed by atoms with Crippen LogP contribution in [0.15, 0.2) is 60.9 Å². The van der Waals surface area contributed by atoms with E-state index in [9.17, 15) is 85.6 Å². The molecule has 6 heterocycles. The smallest absolute Gasteiger partial charge is 0.320 e. The fraction of sp³-hybridized carbons (Fsp3) is 0.600. The number of pyridine rings is 2. The molecule has 0 saturated carbocycles. The molecule has 0 aliphatic carbocycles. The number of rotatable bonds is 24. The zero-order chi connectivity index (χ0) is 93.2. The van der Waals surface area contributed by atoms with Gasteiger partial charge in [0.15, 0.2) is 0 Å². The molecule has 37 nitrogen and oxygen atoms in total. The van der Waals surface area contributed by atoms with Gasteiger partial charge in [0.1, 0.15) is 34.5 Å². The van der Waals surface area contributed by atoms with Crippen molar-refractivity contribution in [2.24, 2.45) is 0 Å². The van der Waals surface area contributed by atoms with E-state index < -0.39 is 188 Å². The molecule has 9 amide bonds. The second-order valence-electron chi connectivity index (χ2n) is 35.0. The quantitative estimate of drug-likeness (QED) is 0.0286. The van der Waals surface area contributed by atoms with E-state index in [-0.39, 0.29) is 188 Å².